The molecule has 0 spiro atoms. The molecule has 0 aliphatic rings. The quantitative estimate of drug-likeness (QED) is 0.366. The van der Waals surface area contributed by atoms with Crippen molar-refractivity contribution in [1.82, 2.24) is 0 Å². The highest BCUT2D eigenvalue weighted by molar-refractivity contribution is 9.10. The van der Waals surface area contributed by atoms with E-state index in [1.807, 2.05) is 0 Å². The zero-order valence-electron chi connectivity index (χ0n) is 8.77. The predicted octanol–water partition coefficient (Wildman–Crippen LogP) is 2.38. The number of phenolic OH excluding ortho intramolecular Hbond substituents is 1. The Hall–Kier alpha value is -1.82. The number of nitrogens with zero attached hydrogens (tertiary/aromatic N) is 1. The van der Waals surface area contributed by atoms with E-state index in [-0.39, 0.29) is 16.9 Å². The Morgan fingerprint density at radius 2 is 2.18 bits per heavy atom. The number of aryl methyl sites for hydroxylation is 1. The van der Waals surface area contributed by atoms with Crippen molar-refractivity contribution in [2.45, 2.75) is 6.92 Å². The molecule has 0 aliphatic carbocycles. The Kier molecular flexibility index (Phi) is 2.89. The predicted molar refractivity (Wildman–Crippen MR) is 66.0 cm³/mol. The lowest BCUT2D eigenvalue weighted by Gasteiger charge is -2.06. The first-order valence-electron chi connectivity index (χ1n) is 4.68. The van der Waals surface area contributed by atoms with Crippen LogP contribution in [0.5, 0.6) is 5.75 Å². The average Bonchev–Trinajstić information content (AvgIpc) is 2.30. The Labute approximate surface area is 104 Å². The lowest BCUT2D eigenvalue weighted by atomic mass is 10.1. The van der Waals surface area contributed by atoms with Gasteiger partial charge in [-0.3, -0.25) is 0 Å². The van der Waals surface area contributed by atoms with Crippen LogP contribution in [0.1, 0.15) is 11.1 Å². The van der Waals surface area contributed by atoms with Gasteiger partial charge in [-0.05, 0) is 40.5 Å². The van der Waals surface area contributed by atoms with E-state index in [9.17, 15) is 9.90 Å². The maximum atomic E-state index is 11.5. The van der Waals surface area contributed by atoms with E-state index in [0.717, 1.165) is 6.21 Å². The van der Waals surface area contributed by atoms with Crippen LogP contribution in [0.2, 0.25) is 0 Å². The molecule has 0 saturated heterocycles. The average molecular weight is 298 g/mol. The number of aromatic hydroxyl groups is 1. The fourth-order valence-electron chi connectivity index (χ4n) is 1.59. The molecule has 0 atom stereocenters. The zero-order valence-corrected chi connectivity index (χ0v) is 10.4. The SMILES string of the molecule is Cc1c(Br)c(=O)oc2c(/C=N/O)c(O)ccc12. The van der Waals surface area contributed by atoms with Gasteiger partial charge in [-0.15, -0.1) is 0 Å². The fourth-order valence-corrected chi connectivity index (χ4v) is 1.88. The molecule has 0 amide bonds. The van der Waals surface area contributed by atoms with Gasteiger partial charge >= 0.3 is 5.63 Å². The molecular weight excluding hydrogens is 290 g/mol. The molecule has 2 N–H and O–H groups in total. The van der Waals surface area contributed by atoms with Crippen molar-refractivity contribution >= 4 is 33.1 Å². The molecule has 0 radical (unpaired) electrons. The maximum absolute atomic E-state index is 11.5. The van der Waals surface area contributed by atoms with Gasteiger partial charge in [0, 0.05) is 5.39 Å². The molecule has 0 saturated carbocycles. The number of halogens is 1. The number of hydrogen-bond acceptors (Lipinski definition) is 5. The number of hydrogen-bond donors (Lipinski definition) is 2. The van der Waals surface area contributed by atoms with E-state index in [4.69, 9.17) is 9.62 Å². The summed E-state index contributed by atoms with van der Waals surface area (Å²) in [4.78, 5) is 11.5. The molecule has 5 nitrogen and oxygen atoms in total. The second kappa shape index (κ2) is 4.21. The van der Waals surface area contributed by atoms with Crippen LogP contribution in [0, 0.1) is 6.92 Å². The number of rotatable bonds is 1. The summed E-state index contributed by atoms with van der Waals surface area (Å²) >= 11 is 3.13. The molecule has 0 bridgehead atoms. The first-order chi connectivity index (χ1) is 8.06. The van der Waals surface area contributed by atoms with Gasteiger partial charge in [0.05, 0.1) is 11.8 Å². The van der Waals surface area contributed by atoms with Crippen LogP contribution in [-0.2, 0) is 0 Å². The fraction of sp³-hybridized carbons (Fsp3) is 0.0909. The van der Waals surface area contributed by atoms with Gasteiger partial charge in [0.1, 0.15) is 10.2 Å². The van der Waals surface area contributed by atoms with Crippen molar-refractivity contribution in [1.29, 1.82) is 0 Å². The van der Waals surface area contributed by atoms with Crippen molar-refractivity contribution in [3.63, 3.8) is 0 Å². The molecule has 0 unspecified atom stereocenters. The van der Waals surface area contributed by atoms with Crippen molar-refractivity contribution in [2.24, 2.45) is 5.16 Å². The van der Waals surface area contributed by atoms with E-state index >= 15 is 0 Å². The highest BCUT2D eigenvalue weighted by Gasteiger charge is 2.13. The standard InChI is InChI=1S/C11H8BrNO4/c1-5-6-2-3-8(14)7(4-13-16)10(6)17-11(15)9(5)12/h2-4,14,16H,1H3/b13-4+. The third-order valence-electron chi connectivity index (χ3n) is 2.47. The molecule has 6 heteroatoms. The lowest BCUT2D eigenvalue weighted by molar-refractivity contribution is 0.321. The molecule has 2 aromatic rings. The van der Waals surface area contributed by atoms with Crippen LogP contribution >= 0.6 is 15.9 Å². The van der Waals surface area contributed by atoms with Crippen molar-refractivity contribution in [2.75, 3.05) is 0 Å². The largest absolute Gasteiger partial charge is 0.507 e. The monoisotopic (exact) mass is 297 g/mol. The summed E-state index contributed by atoms with van der Waals surface area (Å²) in [5.41, 5.74) is 0.503. The van der Waals surface area contributed by atoms with E-state index in [2.05, 4.69) is 21.1 Å². The van der Waals surface area contributed by atoms with E-state index < -0.39 is 5.63 Å². The maximum Gasteiger partial charge on any atom is 0.350 e. The molecule has 1 aromatic heterocycles. The number of phenols is 1. The minimum Gasteiger partial charge on any atom is -0.507 e. The van der Waals surface area contributed by atoms with Crippen molar-refractivity contribution in [3.8, 4) is 5.75 Å². The summed E-state index contributed by atoms with van der Waals surface area (Å²) < 4.78 is 5.41. The van der Waals surface area contributed by atoms with Gasteiger partial charge in [-0.25, -0.2) is 4.79 Å². The summed E-state index contributed by atoms with van der Waals surface area (Å²) in [6.07, 6.45) is 1.02. The summed E-state index contributed by atoms with van der Waals surface area (Å²) in [5.74, 6) is -0.125. The topological polar surface area (TPSA) is 83.0 Å². The van der Waals surface area contributed by atoms with Gasteiger partial charge in [0.25, 0.3) is 0 Å². The third-order valence-corrected chi connectivity index (χ3v) is 3.39. The van der Waals surface area contributed by atoms with Gasteiger partial charge in [-0.1, -0.05) is 5.16 Å². The highest BCUT2D eigenvalue weighted by Crippen LogP contribution is 2.29. The number of benzene rings is 1. The Morgan fingerprint density at radius 1 is 1.47 bits per heavy atom. The normalized spacial score (nSPS) is 11.4. The second-order valence-corrected chi connectivity index (χ2v) is 4.24. The van der Waals surface area contributed by atoms with Crippen molar-refractivity contribution < 1.29 is 14.7 Å². The lowest BCUT2D eigenvalue weighted by Crippen LogP contribution is -2.03. The minimum atomic E-state index is -0.548. The molecule has 17 heavy (non-hydrogen) atoms. The molecule has 0 aliphatic heterocycles. The van der Waals surface area contributed by atoms with Crippen molar-refractivity contribution in [3.05, 3.63) is 38.2 Å². The van der Waals surface area contributed by atoms with Gasteiger partial charge in [0.2, 0.25) is 0 Å². The highest BCUT2D eigenvalue weighted by atomic mass is 79.9. The van der Waals surface area contributed by atoms with E-state index in [1.54, 1.807) is 13.0 Å². The Balaban J connectivity index is 3.00. The first kappa shape index (κ1) is 11.7. The Bertz CT molecular complexity index is 675. The summed E-state index contributed by atoms with van der Waals surface area (Å²) in [6, 6.07) is 3.07. The molecule has 1 heterocycles. The van der Waals surface area contributed by atoms with Gasteiger partial charge in [-0.2, -0.15) is 0 Å². The first-order valence-corrected chi connectivity index (χ1v) is 5.48. The summed E-state index contributed by atoms with van der Waals surface area (Å²) in [6.45, 7) is 1.75. The zero-order chi connectivity index (χ0) is 12.6. The minimum absolute atomic E-state index is 0.125. The molecular formula is C11H8BrNO4. The van der Waals surface area contributed by atoms with Crippen LogP contribution < -0.4 is 5.63 Å². The van der Waals surface area contributed by atoms with Gasteiger partial charge in [0.15, 0.2) is 5.58 Å². The second-order valence-electron chi connectivity index (χ2n) is 3.45. The smallest absolute Gasteiger partial charge is 0.350 e. The van der Waals surface area contributed by atoms with Crippen LogP contribution in [0.4, 0.5) is 0 Å². The Morgan fingerprint density at radius 3 is 2.82 bits per heavy atom. The van der Waals surface area contributed by atoms with Crippen LogP contribution in [0.3, 0.4) is 0 Å². The van der Waals surface area contributed by atoms with Crippen LogP contribution in [0.15, 0.2) is 31.0 Å². The molecule has 1 aromatic carbocycles. The van der Waals surface area contributed by atoms with E-state index in [0.29, 0.717) is 15.4 Å². The van der Waals surface area contributed by atoms with Gasteiger partial charge < -0.3 is 14.7 Å². The molecule has 2 rings (SSSR count). The third kappa shape index (κ3) is 1.80. The van der Waals surface area contributed by atoms with Crippen LogP contribution in [0.25, 0.3) is 11.0 Å². The van der Waals surface area contributed by atoms with Crippen LogP contribution in [-0.4, -0.2) is 16.5 Å². The number of oxime groups is 1. The summed E-state index contributed by atoms with van der Waals surface area (Å²) in [7, 11) is 0. The van der Waals surface area contributed by atoms with E-state index in [1.165, 1.54) is 6.07 Å². The molecule has 0 fully saturated rings. The number of fused-ring (bicyclic) bond motifs is 1. The summed E-state index contributed by atoms with van der Waals surface area (Å²) in [5, 5.41) is 21.6. The molecule has 88 valence electrons.